The van der Waals surface area contributed by atoms with Gasteiger partial charge >= 0.3 is 0 Å². The largest absolute Gasteiger partial charge is 0.346 e. The van der Waals surface area contributed by atoms with Gasteiger partial charge in [-0.2, -0.15) is 0 Å². The number of hydrogen-bond acceptors (Lipinski definition) is 5. The lowest BCUT2D eigenvalue weighted by molar-refractivity contribution is 0.347. The highest BCUT2D eigenvalue weighted by atomic mass is 32.2. The number of sulfonamides is 1. The highest BCUT2D eigenvalue weighted by Gasteiger charge is 2.26. The van der Waals surface area contributed by atoms with Crippen molar-refractivity contribution in [2.75, 3.05) is 0 Å². The molecule has 0 bridgehead atoms. The van der Waals surface area contributed by atoms with Crippen molar-refractivity contribution >= 4 is 20.8 Å². The fourth-order valence-electron chi connectivity index (χ4n) is 2.61. The van der Waals surface area contributed by atoms with Crippen LogP contribution in [0.3, 0.4) is 0 Å². The molecule has 2 unspecified atom stereocenters. The molecule has 0 amide bonds. The third-order valence-electron chi connectivity index (χ3n) is 4.30. The fraction of sp³-hybridized carbons (Fsp3) is 0.211. The van der Waals surface area contributed by atoms with Crippen LogP contribution in [-0.2, 0) is 20.8 Å². The molecule has 3 aromatic rings. The van der Waals surface area contributed by atoms with E-state index in [2.05, 4.69) is 5.16 Å². The molecule has 0 aliphatic rings. The van der Waals surface area contributed by atoms with E-state index < -0.39 is 20.8 Å². The summed E-state index contributed by atoms with van der Waals surface area (Å²) in [6, 6.07) is 15.5. The van der Waals surface area contributed by atoms with E-state index in [0.29, 0.717) is 16.8 Å². The molecule has 1 heterocycles. The number of nitrogens with zero attached hydrogens (tertiary/aromatic N) is 1. The van der Waals surface area contributed by atoms with Crippen molar-refractivity contribution in [3.63, 3.8) is 0 Å². The molecule has 0 saturated carbocycles. The maximum atomic E-state index is 12.9. The lowest BCUT2D eigenvalue weighted by Gasteiger charge is -2.09. The smallest absolute Gasteiger partial charge is 0.238 e. The molecule has 2 N–H and O–H groups in total. The topological polar surface area (TPSA) is 103 Å². The van der Waals surface area contributed by atoms with Crippen molar-refractivity contribution in [1.82, 2.24) is 5.16 Å². The third-order valence-corrected chi connectivity index (χ3v) is 6.94. The van der Waals surface area contributed by atoms with Crippen molar-refractivity contribution in [2.24, 2.45) is 5.14 Å². The molecule has 1 aromatic heterocycles. The lowest BCUT2D eigenvalue weighted by atomic mass is 10.0. The Bertz CT molecular complexity index is 1060. The SMILES string of the molecule is CCC(C)S(=O)c1onc(-c2ccccc2)c1-c1ccc(S(N)(=O)=O)cc1. The molecule has 0 fully saturated rings. The van der Waals surface area contributed by atoms with Crippen LogP contribution in [-0.4, -0.2) is 23.0 Å². The van der Waals surface area contributed by atoms with E-state index in [1.54, 1.807) is 12.1 Å². The predicted octanol–water partition coefficient (Wildman–Crippen LogP) is 3.56. The molecule has 142 valence electrons. The van der Waals surface area contributed by atoms with Gasteiger partial charge in [0.25, 0.3) is 0 Å². The van der Waals surface area contributed by atoms with Gasteiger partial charge in [-0.1, -0.05) is 61.5 Å². The Morgan fingerprint density at radius 3 is 2.26 bits per heavy atom. The summed E-state index contributed by atoms with van der Waals surface area (Å²) in [5.74, 6) is 0. The average Bonchev–Trinajstić information content (AvgIpc) is 3.12. The fourth-order valence-corrected chi connectivity index (χ4v) is 4.32. The van der Waals surface area contributed by atoms with E-state index >= 15 is 0 Å². The predicted molar refractivity (Wildman–Crippen MR) is 105 cm³/mol. The first kappa shape index (κ1) is 19.5. The van der Waals surface area contributed by atoms with Gasteiger partial charge in [0.2, 0.25) is 15.1 Å². The number of primary sulfonamides is 1. The molecule has 3 rings (SSSR count). The minimum atomic E-state index is -3.79. The zero-order chi connectivity index (χ0) is 19.6. The van der Waals surface area contributed by atoms with Crippen molar-refractivity contribution in [2.45, 2.75) is 35.5 Å². The van der Waals surface area contributed by atoms with Gasteiger partial charge < -0.3 is 4.52 Å². The second-order valence-corrected chi connectivity index (χ2v) is 9.48. The van der Waals surface area contributed by atoms with Gasteiger partial charge in [-0.05, 0) is 24.1 Å². The van der Waals surface area contributed by atoms with Crippen LogP contribution in [0.1, 0.15) is 20.3 Å². The summed E-state index contributed by atoms with van der Waals surface area (Å²) in [6.45, 7) is 3.84. The molecule has 2 aromatic carbocycles. The first-order valence-corrected chi connectivity index (χ1v) is 11.2. The summed E-state index contributed by atoms with van der Waals surface area (Å²) in [5.41, 5.74) is 2.64. The van der Waals surface area contributed by atoms with Crippen LogP contribution >= 0.6 is 0 Å². The molecule has 0 aliphatic heterocycles. The van der Waals surface area contributed by atoms with E-state index in [1.807, 2.05) is 44.2 Å². The van der Waals surface area contributed by atoms with Gasteiger partial charge in [-0.15, -0.1) is 0 Å². The maximum absolute atomic E-state index is 12.9. The Hall–Kier alpha value is -2.29. The minimum Gasteiger partial charge on any atom is -0.346 e. The Kier molecular flexibility index (Phi) is 5.59. The Morgan fingerprint density at radius 1 is 1.07 bits per heavy atom. The van der Waals surface area contributed by atoms with Crippen LogP contribution in [0.25, 0.3) is 22.4 Å². The van der Waals surface area contributed by atoms with Crippen LogP contribution in [0.15, 0.2) is 69.1 Å². The Morgan fingerprint density at radius 2 is 1.70 bits per heavy atom. The highest BCUT2D eigenvalue weighted by Crippen LogP contribution is 2.37. The number of aromatic nitrogens is 1. The summed E-state index contributed by atoms with van der Waals surface area (Å²) in [7, 11) is -5.18. The van der Waals surface area contributed by atoms with E-state index in [4.69, 9.17) is 9.66 Å². The van der Waals surface area contributed by atoms with Crippen LogP contribution in [0.4, 0.5) is 0 Å². The molecular formula is C19H20N2O4S2. The van der Waals surface area contributed by atoms with Crippen LogP contribution in [0.5, 0.6) is 0 Å². The first-order valence-electron chi connectivity index (χ1n) is 8.41. The van der Waals surface area contributed by atoms with E-state index in [0.717, 1.165) is 12.0 Å². The molecule has 6 nitrogen and oxygen atoms in total. The third kappa shape index (κ3) is 4.02. The number of rotatable bonds is 6. The monoisotopic (exact) mass is 404 g/mol. The zero-order valence-electron chi connectivity index (χ0n) is 15.0. The molecule has 0 aliphatic carbocycles. The van der Waals surface area contributed by atoms with Gasteiger partial charge in [0.05, 0.1) is 21.3 Å². The molecule has 2 atom stereocenters. The van der Waals surface area contributed by atoms with Crippen LogP contribution in [0, 0.1) is 0 Å². The van der Waals surface area contributed by atoms with Crippen molar-refractivity contribution in [3.8, 4) is 22.4 Å². The van der Waals surface area contributed by atoms with Gasteiger partial charge in [0.15, 0.2) is 0 Å². The van der Waals surface area contributed by atoms with Gasteiger partial charge in [0.1, 0.15) is 5.69 Å². The molecule has 8 heteroatoms. The summed E-state index contributed by atoms with van der Waals surface area (Å²) in [6.07, 6.45) is 0.720. The van der Waals surface area contributed by atoms with E-state index in [-0.39, 0.29) is 15.2 Å². The summed E-state index contributed by atoms with van der Waals surface area (Å²) in [4.78, 5) is 0.00793. The summed E-state index contributed by atoms with van der Waals surface area (Å²) in [5, 5.41) is 9.51. The minimum absolute atomic E-state index is 0.00793. The molecule has 0 saturated heterocycles. The van der Waals surface area contributed by atoms with Crippen molar-refractivity contribution in [1.29, 1.82) is 0 Å². The molecule has 27 heavy (non-hydrogen) atoms. The Labute approximate surface area is 160 Å². The van der Waals surface area contributed by atoms with Gasteiger partial charge in [-0.3, -0.25) is 4.21 Å². The average molecular weight is 405 g/mol. The van der Waals surface area contributed by atoms with Gasteiger partial charge in [-0.25, -0.2) is 13.6 Å². The normalized spacial score (nSPS) is 14.0. The van der Waals surface area contributed by atoms with Crippen LogP contribution in [0.2, 0.25) is 0 Å². The maximum Gasteiger partial charge on any atom is 0.238 e. The molecular weight excluding hydrogens is 384 g/mol. The van der Waals surface area contributed by atoms with Crippen LogP contribution < -0.4 is 5.14 Å². The first-order chi connectivity index (χ1) is 12.8. The number of nitrogens with two attached hydrogens (primary N) is 1. The van der Waals surface area contributed by atoms with E-state index in [1.165, 1.54) is 12.1 Å². The molecule has 0 spiro atoms. The lowest BCUT2D eigenvalue weighted by Crippen LogP contribution is -2.12. The number of hydrogen-bond donors (Lipinski definition) is 1. The second kappa shape index (κ2) is 7.75. The Balaban J connectivity index is 2.19. The summed E-state index contributed by atoms with van der Waals surface area (Å²) < 4.78 is 41.4. The standard InChI is InChI=1S/C19H20N2O4S2/c1-3-13(2)26(22)19-17(14-9-11-16(12-10-14)27(20,23)24)18(21-25-19)15-7-5-4-6-8-15/h4-13H,3H2,1-2H3,(H2,20,23,24). The van der Waals surface area contributed by atoms with Gasteiger partial charge in [0, 0.05) is 10.8 Å². The molecule has 0 radical (unpaired) electrons. The van der Waals surface area contributed by atoms with Crippen molar-refractivity contribution in [3.05, 3.63) is 54.6 Å². The highest BCUT2D eigenvalue weighted by molar-refractivity contribution is 7.89. The number of benzene rings is 2. The van der Waals surface area contributed by atoms with Crippen molar-refractivity contribution < 1.29 is 17.1 Å². The summed E-state index contributed by atoms with van der Waals surface area (Å²) >= 11 is 0. The quantitative estimate of drug-likeness (QED) is 0.676. The second-order valence-electron chi connectivity index (χ2n) is 6.15. The van der Waals surface area contributed by atoms with E-state index in [9.17, 15) is 12.6 Å². The zero-order valence-corrected chi connectivity index (χ0v) is 16.6.